The van der Waals surface area contributed by atoms with E-state index in [-0.39, 0.29) is 25.0 Å². The van der Waals surface area contributed by atoms with Crippen molar-refractivity contribution in [2.45, 2.75) is 50.7 Å². The molecule has 0 aromatic heterocycles. The molecule has 0 spiro atoms. The van der Waals surface area contributed by atoms with Gasteiger partial charge in [-0.3, -0.25) is 0 Å². The van der Waals surface area contributed by atoms with Crippen molar-refractivity contribution in [3.05, 3.63) is 64.7 Å². The Kier molecular flexibility index (Phi) is 10.6. The first-order valence-corrected chi connectivity index (χ1v) is 11.0. The van der Waals surface area contributed by atoms with E-state index in [0.29, 0.717) is 35.9 Å². The first kappa shape index (κ1) is 25.5. The quantitative estimate of drug-likeness (QED) is 0.504. The Bertz CT molecular complexity index is 833. The van der Waals surface area contributed by atoms with Crippen molar-refractivity contribution in [2.24, 2.45) is 0 Å². The number of nitrogens with one attached hydrogen (secondary N) is 1. The Labute approximate surface area is 195 Å². The van der Waals surface area contributed by atoms with Gasteiger partial charge in [0.15, 0.2) is 6.61 Å². The number of rotatable bonds is 9. The molecule has 170 valence electrons. The highest BCUT2D eigenvalue weighted by atomic mass is 35.5. The zero-order chi connectivity index (χ0) is 21.3. The maximum atomic E-state index is 11.5. The molecular formula is C24H31Cl2NO4. The molecule has 0 bridgehead atoms. The lowest BCUT2D eigenvalue weighted by Crippen LogP contribution is -2.36. The number of ether oxygens (including phenoxy) is 2. The van der Waals surface area contributed by atoms with E-state index < -0.39 is 6.10 Å². The van der Waals surface area contributed by atoms with Gasteiger partial charge in [0.2, 0.25) is 0 Å². The third kappa shape index (κ3) is 8.00. The standard InChI is InChI=1S/C24H30ClNO4.ClH/c1-2-29-24(28)16-30-22-11-5-7-18(14-22)17-6-4-10-21(13-17)26-15-23(27)19-8-3-9-20(25)12-19;/h3,5,7-9,11-12,14,17,21,23,26-27H,2,4,6,10,13,15-16H2,1H3;1H/t17?,21?,23-;/m0./s1. The molecule has 2 N–H and O–H groups in total. The first-order chi connectivity index (χ1) is 14.5. The van der Waals surface area contributed by atoms with E-state index in [1.807, 2.05) is 36.4 Å². The van der Waals surface area contributed by atoms with Crippen LogP contribution in [0.5, 0.6) is 5.75 Å². The van der Waals surface area contributed by atoms with Crippen LogP contribution in [0.3, 0.4) is 0 Å². The number of carbonyl (C=O) groups is 1. The summed E-state index contributed by atoms with van der Waals surface area (Å²) in [5.41, 5.74) is 2.05. The fraction of sp³-hybridized carbons (Fsp3) is 0.458. The van der Waals surface area contributed by atoms with Crippen molar-refractivity contribution in [1.29, 1.82) is 0 Å². The monoisotopic (exact) mass is 467 g/mol. The number of halogens is 2. The summed E-state index contributed by atoms with van der Waals surface area (Å²) < 4.78 is 10.5. The number of hydrogen-bond acceptors (Lipinski definition) is 5. The predicted molar refractivity (Wildman–Crippen MR) is 125 cm³/mol. The molecule has 3 rings (SSSR count). The molecule has 0 aliphatic heterocycles. The molecule has 2 unspecified atom stereocenters. The van der Waals surface area contributed by atoms with Gasteiger partial charge >= 0.3 is 5.97 Å². The molecule has 0 heterocycles. The lowest BCUT2D eigenvalue weighted by atomic mass is 9.81. The van der Waals surface area contributed by atoms with Crippen LogP contribution in [0.2, 0.25) is 5.02 Å². The van der Waals surface area contributed by atoms with Crippen molar-refractivity contribution in [1.82, 2.24) is 5.32 Å². The van der Waals surface area contributed by atoms with Crippen molar-refractivity contribution < 1.29 is 19.4 Å². The lowest BCUT2D eigenvalue weighted by Gasteiger charge is -2.31. The number of aliphatic hydroxyl groups is 1. The summed E-state index contributed by atoms with van der Waals surface area (Å²) in [7, 11) is 0. The predicted octanol–water partition coefficient (Wildman–Crippen LogP) is 5.05. The summed E-state index contributed by atoms with van der Waals surface area (Å²) in [6.07, 6.45) is 3.77. The van der Waals surface area contributed by atoms with Crippen LogP contribution in [-0.4, -0.2) is 36.9 Å². The normalized spacial score (nSPS) is 19.2. The molecule has 5 nitrogen and oxygen atoms in total. The summed E-state index contributed by atoms with van der Waals surface area (Å²) in [5.74, 6) is 0.751. The van der Waals surface area contributed by atoms with Crippen LogP contribution in [0.4, 0.5) is 0 Å². The largest absolute Gasteiger partial charge is 0.482 e. The second-order valence-electron chi connectivity index (χ2n) is 7.71. The number of benzene rings is 2. The Balaban J connectivity index is 0.00000341. The van der Waals surface area contributed by atoms with E-state index in [1.54, 1.807) is 13.0 Å². The zero-order valence-electron chi connectivity index (χ0n) is 17.8. The average molecular weight is 468 g/mol. The van der Waals surface area contributed by atoms with Crippen LogP contribution >= 0.6 is 24.0 Å². The lowest BCUT2D eigenvalue weighted by molar-refractivity contribution is -0.145. The van der Waals surface area contributed by atoms with E-state index in [9.17, 15) is 9.90 Å². The van der Waals surface area contributed by atoms with Gasteiger partial charge in [-0.25, -0.2) is 4.79 Å². The first-order valence-electron chi connectivity index (χ1n) is 10.6. The molecule has 2 aromatic rings. The van der Waals surface area contributed by atoms with Gasteiger partial charge in [0.1, 0.15) is 5.75 Å². The average Bonchev–Trinajstić information content (AvgIpc) is 2.77. The molecule has 1 aliphatic rings. The third-order valence-electron chi connectivity index (χ3n) is 5.50. The van der Waals surface area contributed by atoms with Crippen LogP contribution in [0, 0.1) is 0 Å². The van der Waals surface area contributed by atoms with Crippen molar-refractivity contribution >= 4 is 30.0 Å². The second-order valence-corrected chi connectivity index (χ2v) is 8.14. The fourth-order valence-electron chi connectivity index (χ4n) is 3.99. The molecule has 3 atom stereocenters. The van der Waals surface area contributed by atoms with E-state index >= 15 is 0 Å². The van der Waals surface area contributed by atoms with Gasteiger partial charge in [0.25, 0.3) is 0 Å². The highest BCUT2D eigenvalue weighted by molar-refractivity contribution is 6.30. The maximum absolute atomic E-state index is 11.5. The Morgan fingerprint density at radius 3 is 2.81 bits per heavy atom. The van der Waals surface area contributed by atoms with E-state index in [0.717, 1.165) is 31.2 Å². The highest BCUT2D eigenvalue weighted by Crippen LogP contribution is 2.34. The molecule has 1 saturated carbocycles. The van der Waals surface area contributed by atoms with Crippen LogP contribution in [0.1, 0.15) is 55.8 Å². The third-order valence-corrected chi connectivity index (χ3v) is 5.73. The molecule has 1 fully saturated rings. The second kappa shape index (κ2) is 12.9. The fourth-order valence-corrected chi connectivity index (χ4v) is 4.19. The summed E-state index contributed by atoms with van der Waals surface area (Å²) in [6.45, 7) is 2.55. The van der Waals surface area contributed by atoms with Crippen LogP contribution in [0.25, 0.3) is 0 Å². The molecule has 2 aromatic carbocycles. The van der Waals surface area contributed by atoms with Gasteiger partial charge in [-0.2, -0.15) is 0 Å². The van der Waals surface area contributed by atoms with Gasteiger partial charge in [-0.15, -0.1) is 12.4 Å². The minimum Gasteiger partial charge on any atom is -0.482 e. The SMILES string of the molecule is CCOC(=O)COc1cccc(C2CCCC(NC[C@H](O)c3cccc(Cl)c3)C2)c1.Cl. The summed E-state index contributed by atoms with van der Waals surface area (Å²) in [4.78, 5) is 11.5. The Morgan fingerprint density at radius 1 is 1.23 bits per heavy atom. The minimum atomic E-state index is -0.580. The van der Waals surface area contributed by atoms with Crippen LogP contribution in [-0.2, 0) is 9.53 Å². The van der Waals surface area contributed by atoms with E-state index in [4.69, 9.17) is 21.1 Å². The highest BCUT2D eigenvalue weighted by Gasteiger charge is 2.24. The molecular weight excluding hydrogens is 437 g/mol. The van der Waals surface area contributed by atoms with Gasteiger partial charge in [-0.05, 0) is 67.5 Å². The Hall–Kier alpha value is -1.79. The molecule has 1 aliphatic carbocycles. The summed E-state index contributed by atoms with van der Waals surface area (Å²) in [6, 6.07) is 15.7. The Morgan fingerprint density at radius 2 is 2.03 bits per heavy atom. The molecule has 7 heteroatoms. The van der Waals surface area contributed by atoms with E-state index in [1.165, 1.54) is 5.56 Å². The molecule has 0 saturated heterocycles. The van der Waals surface area contributed by atoms with Crippen LogP contribution in [0.15, 0.2) is 48.5 Å². The van der Waals surface area contributed by atoms with Crippen molar-refractivity contribution in [2.75, 3.05) is 19.8 Å². The molecule has 31 heavy (non-hydrogen) atoms. The van der Waals surface area contributed by atoms with Gasteiger partial charge in [0.05, 0.1) is 12.7 Å². The van der Waals surface area contributed by atoms with Crippen molar-refractivity contribution in [3.63, 3.8) is 0 Å². The molecule has 0 amide bonds. The number of carbonyl (C=O) groups excluding carboxylic acids is 1. The topological polar surface area (TPSA) is 67.8 Å². The number of esters is 1. The minimum absolute atomic E-state index is 0. The summed E-state index contributed by atoms with van der Waals surface area (Å²) in [5, 5.41) is 14.6. The van der Waals surface area contributed by atoms with Gasteiger partial charge in [0, 0.05) is 17.6 Å². The smallest absolute Gasteiger partial charge is 0.344 e. The van der Waals surface area contributed by atoms with Gasteiger partial charge in [-0.1, -0.05) is 42.3 Å². The maximum Gasteiger partial charge on any atom is 0.344 e. The van der Waals surface area contributed by atoms with Crippen molar-refractivity contribution in [3.8, 4) is 5.75 Å². The number of aliphatic hydroxyl groups excluding tert-OH is 1. The van der Waals surface area contributed by atoms with E-state index in [2.05, 4.69) is 11.4 Å². The zero-order valence-corrected chi connectivity index (χ0v) is 19.3. The van der Waals surface area contributed by atoms with Gasteiger partial charge < -0.3 is 19.9 Å². The number of hydrogen-bond donors (Lipinski definition) is 2. The molecule has 0 radical (unpaired) electrons. The summed E-state index contributed by atoms with van der Waals surface area (Å²) >= 11 is 6.03. The van der Waals surface area contributed by atoms with Crippen LogP contribution < -0.4 is 10.1 Å².